The molecule has 0 atom stereocenters. The number of pyridine rings is 2. The first kappa shape index (κ1) is 54.3. The molecule has 0 saturated carbocycles. The van der Waals surface area contributed by atoms with Crippen molar-refractivity contribution in [3.05, 3.63) is 240 Å². The van der Waals surface area contributed by atoms with Crippen molar-refractivity contribution < 1.29 is 29.1 Å². The summed E-state index contributed by atoms with van der Waals surface area (Å²) < 4.78 is 8.95. The van der Waals surface area contributed by atoms with Crippen LogP contribution in [-0.2, 0) is 20.1 Å². The molecular formula is C73H65IrN4O-3. The quantitative estimate of drug-likeness (QED) is 0.0957. The zero-order valence-corrected chi connectivity index (χ0v) is 49.1. The Morgan fingerprint density at radius 3 is 1.67 bits per heavy atom. The second kappa shape index (κ2) is 23.1. The largest absolute Gasteiger partial charge is 0.491 e. The molecule has 0 N–H and O–H groups in total. The van der Waals surface area contributed by atoms with Crippen LogP contribution in [0.15, 0.2) is 193 Å². The minimum absolute atomic E-state index is 0. The van der Waals surface area contributed by atoms with Crippen LogP contribution in [0, 0.1) is 32.0 Å². The molecule has 0 unspecified atom stereocenters. The van der Waals surface area contributed by atoms with E-state index in [1.165, 1.54) is 61.3 Å². The van der Waals surface area contributed by atoms with Crippen molar-refractivity contribution in [2.45, 2.75) is 92.9 Å². The van der Waals surface area contributed by atoms with E-state index in [0.717, 1.165) is 78.1 Å². The van der Waals surface area contributed by atoms with Gasteiger partial charge in [-0.25, -0.2) is 0 Å². The molecule has 79 heavy (non-hydrogen) atoms. The molecule has 6 heteroatoms. The number of aryl methyl sites for hydroxylation is 2. The molecule has 0 fully saturated rings. The third kappa shape index (κ3) is 10.8. The third-order valence-electron chi connectivity index (χ3n) is 15.0. The molecule has 0 aliphatic heterocycles. The molecule has 0 aliphatic rings. The van der Waals surface area contributed by atoms with E-state index in [1.807, 2.05) is 54.7 Å². The van der Waals surface area contributed by atoms with Crippen molar-refractivity contribution in [3.63, 3.8) is 0 Å². The number of benzene rings is 8. The van der Waals surface area contributed by atoms with Gasteiger partial charge in [-0.15, -0.1) is 83.9 Å². The Kier molecular flexibility index (Phi) is 15.9. The molecule has 395 valence electrons. The number of imidazole rings is 1. The number of para-hydroxylation sites is 4. The molecule has 0 bridgehead atoms. The number of nitrogens with zero attached hydrogens (tertiary/aromatic N) is 4. The van der Waals surface area contributed by atoms with Gasteiger partial charge in [0.05, 0.1) is 22.4 Å². The molecule has 0 saturated heterocycles. The van der Waals surface area contributed by atoms with Crippen molar-refractivity contribution >= 4 is 33.0 Å². The molecular weight excluding hydrogens is 1140 g/mol. The van der Waals surface area contributed by atoms with Crippen molar-refractivity contribution in [2.24, 2.45) is 0 Å². The summed E-state index contributed by atoms with van der Waals surface area (Å²) in [4.78, 5) is 15.2. The summed E-state index contributed by atoms with van der Waals surface area (Å²) in [6.07, 6.45) is 1.94. The molecule has 0 aliphatic carbocycles. The van der Waals surface area contributed by atoms with Crippen LogP contribution in [0.4, 0.5) is 0 Å². The van der Waals surface area contributed by atoms with Gasteiger partial charge in [-0.2, -0.15) is 0 Å². The van der Waals surface area contributed by atoms with Crippen LogP contribution in [0.2, 0.25) is 0 Å². The van der Waals surface area contributed by atoms with Gasteiger partial charge >= 0.3 is 0 Å². The number of fused-ring (bicyclic) bond motifs is 4. The predicted molar refractivity (Wildman–Crippen MR) is 323 cm³/mol. The summed E-state index contributed by atoms with van der Waals surface area (Å²) in [5, 5.41) is 2.11. The van der Waals surface area contributed by atoms with E-state index in [4.69, 9.17) is 19.4 Å². The average molecular weight is 1210 g/mol. The van der Waals surface area contributed by atoms with Crippen LogP contribution in [-0.4, -0.2) is 9.97 Å². The van der Waals surface area contributed by atoms with E-state index >= 15 is 0 Å². The van der Waals surface area contributed by atoms with Gasteiger partial charge in [-0.05, 0) is 128 Å². The number of hydrogen-bond donors (Lipinski definition) is 0. The fraction of sp³-hybridized carbons (Fsp3) is 0.192. The third-order valence-corrected chi connectivity index (χ3v) is 15.0. The topological polar surface area (TPSA) is 56.9 Å². The van der Waals surface area contributed by atoms with Gasteiger partial charge in [0.15, 0.2) is 0 Å². The predicted octanol–water partition coefficient (Wildman–Crippen LogP) is 19.0. The summed E-state index contributed by atoms with van der Waals surface area (Å²) in [7, 11) is 0. The van der Waals surface area contributed by atoms with E-state index in [0.29, 0.717) is 23.7 Å². The fourth-order valence-corrected chi connectivity index (χ4v) is 10.8. The maximum Gasteiger partial charge on any atom is 0.123 e. The van der Waals surface area contributed by atoms with Gasteiger partial charge < -0.3 is 14.0 Å². The molecule has 4 heterocycles. The Labute approximate surface area is 479 Å². The minimum Gasteiger partial charge on any atom is -0.491 e. The van der Waals surface area contributed by atoms with Crippen LogP contribution in [0.5, 0.6) is 0 Å². The number of aromatic nitrogens is 4. The van der Waals surface area contributed by atoms with Gasteiger partial charge in [0.25, 0.3) is 0 Å². The molecule has 1 radical (unpaired) electrons. The van der Waals surface area contributed by atoms with Crippen LogP contribution in [0.25, 0.3) is 106 Å². The van der Waals surface area contributed by atoms with E-state index < -0.39 is 0 Å². The van der Waals surface area contributed by atoms with Crippen molar-refractivity contribution in [3.8, 4) is 73.1 Å². The molecule has 12 aromatic rings. The summed E-state index contributed by atoms with van der Waals surface area (Å²) in [6, 6.07) is 74.2. The van der Waals surface area contributed by atoms with Crippen molar-refractivity contribution in [1.82, 2.24) is 15.0 Å². The summed E-state index contributed by atoms with van der Waals surface area (Å²) in [5.41, 5.74) is 24.0. The normalized spacial score (nSPS) is 11.5. The van der Waals surface area contributed by atoms with Gasteiger partial charge in [0.2, 0.25) is 0 Å². The van der Waals surface area contributed by atoms with Gasteiger partial charge in [-0.3, -0.25) is 9.97 Å². The molecule has 0 amide bonds. The maximum atomic E-state index is 6.61. The first-order valence-electron chi connectivity index (χ1n) is 27.4. The van der Waals surface area contributed by atoms with Crippen LogP contribution in [0.1, 0.15) is 112 Å². The number of furan rings is 1. The van der Waals surface area contributed by atoms with Gasteiger partial charge in [0, 0.05) is 43.1 Å². The van der Waals surface area contributed by atoms with E-state index in [9.17, 15) is 0 Å². The Morgan fingerprint density at radius 2 is 1.08 bits per heavy atom. The molecule has 0 spiro atoms. The van der Waals surface area contributed by atoms with Crippen LogP contribution >= 0.6 is 0 Å². The zero-order valence-electron chi connectivity index (χ0n) is 46.7. The zero-order chi connectivity index (χ0) is 54.2. The monoisotopic (exact) mass is 1210 g/mol. The molecule has 12 rings (SSSR count). The number of hydrogen-bond acceptors (Lipinski definition) is 3. The van der Waals surface area contributed by atoms with Crippen molar-refractivity contribution in [2.75, 3.05) is 0 Å². The van der Waals surface area contributed by atoms with E-state index in [2.05, 4.69) is 225 Å². The average Bonchev–Trinajstić information content (AvgIpc) is 4.28. The Hall–Kier alpha value is -8.02. The minimum atomic E-state index is 0. The fourth-order valence-electron chi connectivity index (χ4n) is 10.8. The molecule has 8 aromatic carbocycles. The first-order chi connectivity index (χ1) is 37.8. The molecule has 5 nitrogen and oxygen atoms in total. The van der Waals surface area contributed by atoms with E-state index in [1.54, 1.807) is 0 Å². The SMILES string of the molecule is CC(C)c1cc(-c2ccccc2)cc(C(C)C)c1-c1cc(-c2[c-]cccc2)nc(-c2[c-]cccc2)c1.Cc1cnc(-c2[c-]c(-c3[n-]c4ccccc4[n+]3-c3c(C(C)C)cccc3C(C)C)c3oc4ccccc4c3c2)cc1C.[Ir]. The van der Waals surface area contributed by atoms with Crippen molar-refractivity contribution in [1.29, 1.82) is 0 Å². The summed E-state index contributed by atoms with van der Waals surface area (Å²) in [6.45, 7) is 22.4. The Bertz CT molecular complexity index is 4000. The summed E-state index contributed by atoms with van der Waals surface area (Å²) in [5.74, 6) is 2.21. The Balaban J connectivity index is 0.000000178. The second-order valence-electron chi connectivity index (χ2n) is 21.8. The Morgan fingerprint density at radius 1 is 0.494 bits per heavy atom. The standard InChI is InChI=1S/C38H34N3O.C35H31N.Ir/c1-22(2)27-13-11-14-28(23(3)4)36(27)41-34-16-9-8-15-32(34)40-38(41)31-20-26(33-18-24(5)25(6)21-39-33)19-30-29-12-7-10-17-35(29)42-37(30)31;1-24(2)31-20-29(26-14-8-5-9-15-26)21-32(25(3)4)35(31)30-22-33(27-16-10-6-11-17-27)36-34(23-30)28-18-12-7-13-19-28;/h7-19,21-23H,1-6H3;5-16,18,20-25H,1-4H3;/q-1;-2;. The number of rotatable bonds is 11. The first-order valence-corrected chi connectivity index (χ1v) is 27.4. The maximum absolute atomic E-state index is 6.61. The summed E-state index contributed by atoms with van der Waals surface area (Å²) >= 11 is 0. The van der Waals surface area contributed by atoms with Gasteiger partial charge in [-0.1, -0.05) is 176 Å². The van der Waals surface area contributed by atoms with Crippen LogP contribution in [0.3, 0.4) is 0 Å². The van der Waals surface area contributed by atoms with E-state index in [-0.39, 0.29) is 20.1 Å². The van der Waals surface area contributed by atoms with Crippen LogP contribution < -0.4 is 9.55 Å². The second-order valence-corrected chi connectivity index (χ2v) is 21.8. The smallest absolute Gasteiger partial charge is 0.123 e. The molecule has 4 aromatic heterocycles. The van der Waals surface area contributed by atoms with Gasteiger partial charge in [0.1, 0.15) is 5.58 Å².